The highest BCUT2D eigenvalue weighted by molar-refractivity contribution is 7.98. The van der Waals surface area contributed by atoms with Crippen LogP contribution in [-0.4, -0.2) is 23.4 Å². The Balaban J connectivity index is 0.00000132. The minimum absolute atomic E-state index is 0. The van der Waals surface area contributed by atoms with E-state index in [1.165, 1.54) is 21.6 Å². The zero-order valence-corrected chi connectivity index (χ0v) is 14.7. The van der Waals surface area contributed by atoms with Crippen LogP contribution in [0.2, 0.25) is 0 Å². The van der Waals surface area contributed by atoms with Gasteiger partial charge < -0.3 is 22.5 Å². The van der Waals surface area contributed by atoms with Gasteiger partial charge in [0, 0.05) is 11.3 Å². The maximum absolute atomic E-state index is 5.95. The Morgan fingerprint density at radius 1 is 1.43 bits per heavy atom. The molecule has 114 valence electrons. The number of aromatic nitrogens is 2. The third kappa shape index (κ3) is 2.32. The molecule has 0 aliphatic carbocycles. The number of thioether (sulfide) groups is 1. The van der Waals surface area contributed by atoms with Crippen molar-refractivity contribution >= 4 is 39.1 Å². The Morgan fingerprint density at radius 3 is 3.00 bits per heavy atom. The Bertz CT molecular complexity index is 714. The van der Waals surface area contributed by atoms with Gasteiger partial charge in [-0.2, -0.15) is 0 Å². The Morgan fingerprint density at radius 2 is 2.24 bits per heavy atom. The number of nitrogens with zero attached hydrogens (tertiary/aromatic N) is 2. The van der Waals surface area contributed by atoms with E-state index in [4.69, 9.17) is 9.72 Å². The second-order valence-electron chi connectivity index (χ2n) is 5.93. The first-order chi connectivity index (χ1) is 9.59. The molecule has 2 aliphatic heterocycles. The van der Waals surface area contributed by atoms with Gasteiger partial charge >= 0.3 is 0 Å². The molecule has 0 unspecified atom stereocenters. The molecule has 2 aliphatic rings. The van der Waals surface area contributed by atoms with Gasteiger partial charge in [0.15, 0.2) is 0 Å². The number of anilines is 1. The van der Waals surface area contributed by atoms with Crippen LogP contribution in [0.3, 0.4) is 0 Å². The van der Waals surface area contributed by atoms with Crippen molar-refractivity contribution in [1.82, 2.24) is 4.98 Å². The van der Waals surface area contributed by atoms with E-state index in [1.807, 2.05) is 0 Å². The summed E-state index contributed by atoms with van der Waals surface area (Å²) in [4.78, 5) is 7.37. The summed E-state index contributed by atoms with van der Waals surface area (Å²) in [5.74, 6) is 1.26. The van der Waals surface area contributed by atoms with Crippen molar-refractivity contribution in [2.24, 2.45) is 0 Å². The molecule has 0 atom stereocenters. The Labute approximate surface area is 138 Å². The summed E-state index contributed by atoms with van der Waals surface area (Å²) in [5.41, 5.74) is 1.37. The molecule has 4 heterocycles. The first-order valence-corrected chi connectivity index (χ1v) is 8.93. The molecule has 0 saturated carbocycles. The molecule has 2 aromatic rings. The summed E-state index contributed by atoms with van der Waals surface area (Å²) in [6.07, 6.45) is 3.07. The van der Waals surface area contributed by atoms with Crippen molar-refractivity contribution in [3.8, 4) is 0 Å². The third-order valence-corrected chi connectivity index (χ3v) is 5.79. The number of fused-ring (bicyclic) bond motifs is 5. The average Bonchev–Trinajstić information content (AvgIpc) is 2.99. The number of nitrogens with one attached hydrogen (secondary N) is 1. The van der Waals surface area contributed by atoms with Crippen LogP contribution in [0.4, 0.5) is 5.82 Å². The number of thiophene rings is 1. The second-order valence-corrected chi connectivity index (χ2v) is 7.79. The molecule has 4 rings (SSSR count). The summed E-state index contributed by atoms with van der Waals surface area (Å²) in [6.45, 7) is 7.07. The van der Waals surface area contributed by atoms with Gasteiger partial charge in [0.2, 0.25) is 10.6 Å². The lowest BCUT2D eigenvalue weighted by atomic mass is 9.94. The first-order valence-electron chi connectivity index (χ1n) is 6.89. The highest BCUT2D eigenvalue weighted by Gasteiger charge is 2.35. The van der Waals surface area contributed by atoms with E-state index < -0.39 is 0 Å². The third-order valence-electron chi connectivity index (χ3n) is 4.01. The summed E-state index contributed by atoms with van der Waals surface area (Å²) in [5, 5.41) is 5.99. The Hall–Kier alpha value is -0.560. The fourth-order valence-electron chi connectivity index (χ4n) is 3.07. The Kier molecular flexibility index (Phi) is 3.84. The van der Waals surface area contributed by atoms with Gasteiger partial charge in [-0.05, 0) is 25.7 Å². The molecule has 0 amide bonds. The van der Waals surface area contributed by atoms with E-state index in [1.54, 1.807) is 23.1 Å². The van der Waals surface area contributed by atoms with Crippen LogP contribution in [0.5, 0.6) is 0 Å². The van der Waals surface area contributed by atoms with Crippen molar-refractivity contribution in [2.45, 2.75) is 44.2 Å². The fraction of sp³-hybridized carbons (Fsp3) is 0.571. The van der Waals surface area contributed by atoms with E-state index in [-0.39, 0.29) is 18.0 Å². The van der Waals surface area contributed by atoms with Crippen LogP contribution < -0.4 is 22.3 Å². The molecule has 1 N–H and O–H groups in total. The van der Waals surface area contributed by atoms with Gasteiger partial charge in [0.25, 0.3) is 5.16 Å². The van der Waals surface area contributed by atoms with E-state index in [0.29, 0.717) is 0 Å². The molecular formula is C14H18ClN3OS2. The van der Waals surface area contributed by atoms with Gasteiger partial charge in [0.05, 0.1) is 18.8 Å². The summed E-state index contributed by atoms with van der Waals surface area (Å²) in [7, 11) is 0. The van der Waals surface area contributed by atoms with Crippen molar-refractivity contribution in [2.75, 3.05) is 18.1 Å². The van der Waals surface area contributed by atoms with Crippen LogP contribution in [0, 0.1) is 0 Å². The van der Waals surface area contributed by atoms with E-state index in [0.717, 1.165) is 36.1 Å². The second kappa shape index (κ2) is 5.26. The quantitative estimate of drug-likeness (QED) is 0.434. The molecule has 0 radical (unpaired) electrons. The highest BCUT2D eigenvalue weighted by Crippen LogP contribution is 2.41. The van der Waals surface area contributed by atoms with Crippen molar-refractivity contribution < 1.29 is 21.7 Å². The predicted molar refractivity (Wildman–Crippen MR) is 82.7 cm³/mol. The standard InChI is InChI=1S/C14H17N3OS2.ClH/c1-14(2)6-8-9(7-18-14)20-12-10(8)11-15-4-5-17(11)13(16-12)19-3;/h4-7H2,1-3H3;1H. The van der Waals surface area contributed by atoms with Crippen LogP contribution in [0.1, 0.15) is 24.3 Å². The first kappa shape index (κ1) is 15.3. The number of hydrogen-bond donors (Lipinski definition) is 1. The van der Waals surface area contributed by atoms with Crippen molar-refractivity contribution in [1.29, 1.82) is 0 Å². The highest BCUT2D eigenvalue weighted by atomic mass is 35.5. The summed E-state index contributed by atoms with van der Waals surface area (Å²) < 4.78 is 8.27. The van der Waals surface area contributed by atoms with Gasteiger partial charge in [0.1, 0.15) is 11.9 Å². The minimum atomic E-state index is -0.0741. The zero-order chi connectivity index (χ0) is 13.9. The van der Waals surface area contributed by atoms with Gasteiger partial charge in [-0.15, -0.1) is 11.3 Å². The van der Waals surface area contributed by atoms with Crippen LogP contribution in [0.25, 0.3) is 10.2 Å². The molecule has 0 spiro atoms. The molecule has 0 bridgehead atoms. The SMILES string of the molecule is CSc1nc2sc3c(c2c2[n+]1CCN2)CC(C)(C)OC3.[Cl-]. The average molecular weight is 344 g/mol. The molecule has 21 heavy (non-hydrogen) atoms. The number of ether oxygens (including phenoxy) is 1. The number of hydrogen-bond acceptors (Lipinski definition) is 5. The smallest absolute Gasteiger partial charge is 0.300 e. The minimum Gasteiger partial charge on any atom is -1.00 e. The van der Waals surface area contributed by atoms with Crippen LogP contribution in [-0.2, 0) is 24.3 Å². The van der Waals surface area contributed by atoms with E-state index in [9.17, 15) is 0 Å². The molecule has 0 fully saturated rings. The molecule has 2 aromatic heterocycles. The lowest BCUT2D eigenvalue weighted by molar-refractivity contribution is -0.710. The molecular weight excluding hydrogens is 326 g/mol. The zero-order valence-electron chi connectivity index (χ0n) is 12.3. The molecule has 0 saturated heterocycles. The van der Waals surface area contributed by atoms with Gasteiger partial charge in [-0.25, -0.2) is 4.57 Å². The van der Waals surface area contributed by atoms with E-state index in [2.05, 4.69) is 30.0 Å². The maximum Gasteiger partial charge on any atom is 0.300 e. The summed E-state index contributed by atoms with van der Waals surface area (Å²) >= 11 is 3.52. The van der Waals surface area contributed by atoms with Gasteiger partial charge in [-0.1, -0.05) is 16.7 Å². The monoisotopic (exact) mass is 343 g/mol. The largest absolute Gasteiger partial charge is 1.00 e. The molecule has 0 aromatic carbocycles. The molecule has 4 nitrogen and oxygen atoms in total. The summed E-state index contributed by atoms with van der Waals surface area (Å²) in [6, 6.07) is 0. The lowest BCUT2D eigenvalue weighted by Gasteiger charge is -2.29. The van der Waals surface area contributed by atoms with E-state index >= 15 is 0 Å². The van der Waals surface area contributed by atoms with Crippen molar-refractivity contribution in [3.05, 3.63) is 10.4 Å². The predicted octanol–water partition coefficient (Wildman–Crippen LogP) is -0.413. The van der Waals surface area contributed by atoms with Crippen molar-refractivity contribution in [3.63, 3.8) is 0 Å². The number of halogens is 1. The molecule has 7 heteroatoms. The van der Waals surface area contributed by atoms with Gasteiger partial charge in [-0.3, -0.25) is 0 Å². The van der Waals surface area contributed by atoms with Crippen LogP contribution in [0.15, 0.2) is 5.16 Å². The topological polar surface area (TPSA) is 38.0 Å². The number of rotatable bonds is 1. The maximum atomic E-state index is 5.95. The lowest BCUT2D eigenvalue weighted by Crippen LogP contribution is -3.00. The fourth-order valence-corrected chi connectivity index (χ4v) is 4.82. The normalized spacial score (nSPS) is 18.8. The van der Waals surface area contributed by atoms with Crippen LogP contribution >= 0.6 is 23.1 Å².